The van der Waals surface area contributed by atoms with Crippen LogP contribution in [0.4, 0.5) is 27.5 Å². The molecule has 11 heteroatoms. The van der Waals surface area contributed by atoms with Crippen molar-refractivity contribution in [1.82, 2.24) is 20.4 Å². The van der Waals surface area contributed by atoms with Crippen molar-refractivity contribution in [3.63, 3.8) is 0 Å². The number of aryl methyl sites for hydroxylation is 1. The molecule has 1 amide bonds. The van der Waals surface area contributed by atoms with Crippen LogP contribution in [0.3, 0.4) is 0 Å². The minimum absolute atomic E-state index is 0.0658. The number of amides is 1. The SMILES string of the molecule is C=CN=C/C=C(\CC)c1cc(C)cc(Nc2ccc(C(=O)NNc3ncc(F)c(N4CCOCC4)n3)nc2)c1. The molecular weight excluding hydrogens is 499 g/mol. The lowest BCUT2D eigenvalue weighted by Gasteiger charge is -2.28. The first kappa shape index (κ1) is 27.4. The van der Waals surface area contributed by atoms with Gasteiger partial charge in [-0.2, -0.15) is 4.98 Å². The van der Waals surface area contributed by atoms with Crippen molar-refractivity contribution in [2.45, 2.75) is 20.3 Å². The Labute approximate surface area is 226 Å². The van der Waals surface area contributed by atoms with Gasteiger partial charge in [-0.15, -0.1) is 0 Å². The topological polar surface area (TPSA) is 117 Å². The number of anilines is 4. The van der Waals surface area contributed by atoms with E-state index in [4.69, 9.17) is 4.74 Å². The fourth-order valence-electron chi connectivity index (χ4n) is 4.01. The lowest BCUT2D eigenvalue weighted by Crippen LogP contribution is -2.38. The Bertz CT molecular complexity index is 1370. The zero-order chi connectivity index (χ0) is 27.6. The van der Waals surface area contributed by atoms with Gasteiger partial charge in [-0.25, -0.2) is 14.4 Å². The van der Waals surface area contributed by atoms with Crippen molar-refractivity contribution in [3.05, 3.63) is 84.2 Å². The van der Waals surface area contributed by atoms with Crippen LogP contribution in [0, 0.1) is 12.7 Å². The van der Waals surface area contributed by atoms with Crippen molar-refractivity contribution < 1.29 is 13.9 Å². The normalized spacial score (nSPS) is 13.8. The van der Waals surface area contributed by atoms with E-state index in [-0.39, 0.29) is 17.5 Å². The van der Waals surface area contributed by atoms with Crippen molar-refractivity contribution in [2.24, 2.45) is 4.99 Å². The maximum absolute atomic E-state index is 14.2. The van der Waals surface area contributed by atoms with Crippen molar-refractivity contribution in [1.29, 1.82) is 0 Å². The monoisotopic (exact) mass is 530 g/mol. The highest BCUT2D eigenvalue weighted by molar-refractivity contribution is 5.93. The first-order valence-corrected chi connectivity index (χ1v) is 12.6. The van der Waals surface area contributed by atoms with Crippen LogP contribution in [0.2, 0.25) is 0 Å². The number of pyridine rings is 1. The van der Waals surface area contributed by atoms with Crippen LogP contribution in [-0.4, -0.2) is 53.4 Å². The van der Waals surface area contributed by atoms with E-state index in [1.54, 1.807) is 29.4 Å². The van der Waals surface area contributed by atoms with E-state index in [0.717, 1.165) is 40.7 Å². The summed E-state index contributed by atoms with van der Waals surface area (Å²) in [6, 6.07) is 9.58. The third kappa shape index (κ3) is 7.45. The first-order chi connectivity index (χ1) is 19.0. The summed E-state index contributed by atoms with van der Waals surface area (Å²) in [5, 5.41) is 3.34. The van der Waals surface area contributed by atoms with Gasteiger partial charge >= 0.3 is 0 Å². The maximum atomic E-state index is 14.2. The van der Waals surface area contributed by atoms with Gasteiger partial charge in [-0.05, 0) is 60.4 Å². The van der Waals surface area contributed by atoms with Gasteiger partial charge in [0.2, 0.25) is 5.95 Å². The van der Waals surface area contributed by atoms with E-state index in [9.17, 15) is 9.18 Å². The number of hydrogen-bond donors (Lipinski definition) is 3. The van der Waals surface area contributed by atoms with Gasteiger partial charge in [0.15, 0.2) is 11.6 Å². The second-order valence-electron chi connectivity index (χ2n) is 8.71. The van der Waals surface area contributed by atoms with Crippen LogP contribution in [0.5, 0.6) is 0 Å². The number of nitrogens with one attached hydrogen (secondary N) is 3. The largest absolute Gasteiger partial charge is 0.378 e. The van der Waals surface area contributed by atoms with Crippen LogP contribution in [0.1, 0.15) is 35.0 Å². The van der Waals surface area contributed by atoms with Gasteiger partial charge in [-0.1, -0.05) is 19.6 Å². The van der Waals surface area contributed by atoms with Gasteiger partial charge in [0.25, 0.3) is 5.91 Å². The van der Waals surface area contributed by atoms with E-state index >= 15 is 0 Å². The molecule has 4 rings (SSSR count). The molecule has 0 spiro atoms. The van der Waals surface area contributed by atoms with Gasteiger partial charge in [-0.3, -0.25) is 20.6 Å². The summed E-state index contributed by atoms with van der Waals surface area (Å²) in [6.07, 6.45) is 8.70. The summed E-state index contributed by atoms with van der Waals surface area (Å²) in [5.41, 5.74) is 10.3. The highest BCUT2D eigenvalue weighted by atomic mass is 19.1. The number of halogens is 1. The van der Waals surface area contributed by atoms with E-state index in [2.05, 4.69) is 61.7 Å². The Hall–Kier alpha value is -4.64. The molecule has 39 heavy (non-hydrogen) atoms. The lowest BCUT2D eigenvalue weighted by molar-refractivity contribution is 0.0957. The highest BCUT2D eigenvalue weighted by Gasteiger charge is 2.18. The standard InChI is InChI=1S/C28H31FN8O2/c1-4-20(8-9-30-5-2)21-14-19(3)15-23(16-21)33-22-6-7-25(31-17-22)27(38)35-36-28-32-18-24(29)26(34-28)37-10-12-39-13-11-37/h5-9,14-18,33H,2,4,10-13H2,1,3H3,(H,35,38)(H,32,34,36)/b20-8+,30-9?. The van der Waals surface area contributed by atoms with Gasteiger partial charge in [0.05, 0.1) is 31.3 Å². The first-order valence-electron chi connectivity index (χ1n) is 12.6. The molecule has 0 aliphatic carbocycles. The van der Waals surface area contributed by atoms with E-state index in [0.29, 0.717) is 26.3 Å². The number of aromatic nitrogens is 3. The van der Waals surface area contributed by atoms with Crippen molar-refractivity contribution in [3.8, 4) is 0 Å². The fourth-order valence-corrected chi connectivity index (χ4v) is 4.01. The van der Waals surface area contributed by atoms with Crippen molar-refractivity contribution >= 4 is 40.8 Å². The summed E-state index contributed by atoms with van der Waals surface area (Å²) < 4.78 is 19.5. The van der Waals surface area contributed by atoms with Gasteiger partial charge < -0.3 is 15.0 Å². The third-order valence-electron chi connectivity index (χ3n) is 5.91. The molecule has 0 atom stereocenters. The zero-order valence-electron chi connectivity index (χ0n) is 21.9. The molecule has 0 saturated carbocycles. The summed E-state index contributed by atoms with van der Waals surface area (Å²) in [7, 11) is 0. The molecule has 0 radical (unpaired) electrons. The molecule has 3 aromatic rings. The molecule has 2 aromatic heterocycles. The van der Waals surface area contributed by atoms with Gasteiger partial charge in [0.1, 0.15) is 5.69 Å². The molecule has 1 saturated heterocycles. The Morgan fingerprint density at radius 2 is 2.00 bits per heavy atom. The van der Waals surface area contributed by atoms with Crippen LogP contribution in [0.25, 0.3) is 5.57 Å². The van der Waals surface area contributed by atoms with Crippen LogP contribution >= 0.6 is 0 Å². The average Bonchev–Trinajstić information content (AvgIpc) is 2.95. The van der Waals surface area contributed by atoms with E-state index < -0.39 is 11.7 Å². The van der Waals surface area contributed by atoms with Crippen LogP contribution in [0.15, 0.2) is 66.6 Å². The Balaban J connectivity index is 1.39. The number of carbonyl (C=O) groups is 1. The minimum atomic E-state index is -0.539. The molecule has 1 aliphatic rings. The molecule has 3 heterocycles. The Morgan fingerprint density at radius 1 is 1.18 bits per heavy atom. The number of hydrogen-bond acceptors (Lipinski definition) is 9. The minimum Gasteiger partial charge on any atom is -0.378 e. The molecule has 0 bridgehead atoms. The predicted octanol–water partition coefficient (Wildman–Crippen LogP) is 4.66. The number of aliphatic imine (C=N–C) groups is 1. The molecule has 1 aromatic carbocycles. The van der Waals surface area contributed by atoms with Crippen LogP contribution in [-0.2, 0) is 4.74 Å². The zero-order valence-corrected chi connectivity index (χ0v) is 21.9. The molecule has 10 nitrogen and oxygen atoms in total. The molecule has 1 fully saturated rings. The summed E-state index contributed by atoms with van der Waals surface area (Å²) >= 11 is 0. The third-order valence-corrected chi connectivity index (χ3v) is 5.91. The quantitative estimate of drug-likeness (QED) is 0.256. The van der Waals surface area contributed by atoms with Crippen LogP contribution < -0.4 is 21.1 Å². The number of ether oxygens (including phenoxy) is 1. The smallest absolute Gasteiger partial charge is 0.288 e. The summed E-state index contributed by atoms with van der Waals surface area (Å²) in [4.78, 5) is 30.8. The number of hydrazine groups is 1. The van der Waals surface area contributed by atoms with Crippen molar-refractivity contribution in [2.75, 3.05) is 41.9 Å². The average molecular weight is 531 g/mol. The van der Waals surface area contributed by atoms with Gasteiger partial charge in [0, 0.05) is 31.2 Å². The number of nitrogens with zero attached hydrogens (tertiary/aromatic N) is 5. The van der Waals surface area contributed by atoms with E-state index in [1.807, 2.05) is 19.1 Å². The number of morpholine rings is 1. The number of allylic oxidation sites excluding steroid dienone is 2. The second-order valence-corrected chi connectivity index (χ2v) is 8.71. The molecule has 202 valence electrons. The second kappa shape index (κ2) is 13.2. The van der Waals surface area contributed by atoms with E-state index in [1.165, 1.54) is 6.20 Å². The summed E-state index contributed by atoms with van der Waals surface area (Å²) in [5.74, 6) is -0.803. The predicted molar refractivity (Wildman–Crippen MR) is 152 cm³/mol. The number of benzene rings is 1. The lowest BCUT2D eigenvalue weighted by atomic mass is 10.0. The molecule has 1 aliphatic heterocycles. The highest BCUT2D eigenvalue weighted by Crippen LogP contribution is 2.25. The molecular formula is C28H31FN8O2. The Morgan fingerprint density at radius 3 is 2.72 bits per heavy atom. The Kier molecular flexibility index (Phi) is 9.30. The number of carbonyl (C=O) groups excluding carboxylic acids is 1. The fraction of sp³-hybridized carbons (Fsp3) is 0.250. The number of rotatable bonds is 10. The maximum Gasteiger partial charge on any atom is 0.288 e. The summed E-state index contributed by atoms with van der Waals surface area (Å²) in [6.45, 7) is 9.76. The molecule has 3 N–H and O–H groups in total. The molecule has 0 unspecified atom stereocenters.